The van der Waals surface area contributed by atoms with Crippen LogP contribution in [0, 0.1) is 5.92 Å². The topological polar surface area (TPSA) is 84.2 Å². The van der Waals surface area contributed by atoms with Crippen molar-refractivity contribution in [3.8, 4) is 0 Å². The van der Waals surface area contributed by atoms with E-state index >= 15 is 0 Å². The Morgan fingerprint density at radius 3 is 2.76 bits per heavy atom. The molecule has 94 valence electrons. The van der Waals surface area contributed by atoms with Gasteiger partial charge in [0.1, 0.15) is 5.56 Å². The molecule has 0 aliphatic heterocycles. The van der Waals surface area contributed by atoms with Crippen LogP contribution in [0.3, 0.4) is 0 Å². The third-order valence-corrected chi connectivity index (χ3v) is 2.47. The van der Waals surface area contributed by atoms with Crippen LogP contribution in [0.5, 0.6) is 0 Å². The number of carbonyl (C=O) groups is 2. The molecule has 1 unspecified atom stereocenters. The second kappa shape index (κ2) is 5.47. The number of hydrogen-bond acceptors (Lipinski definition) is 3. The van der Waals surface area contributed by atoms with E-state index in [0.29, 0.717) is 0 Å². The molecule has 0 bridgehead atoms. The summed E-state index contributed by atoms with van der Waals surface area (Å²) in [7, 11) is 1.61. The van der Waals surface area contributed by atoms with Crippen molar-refractivity contribution in [2.24, 2.45) is 13.0 Å². The molecule has 0 aliphatic rings. The van der Waals surface area contributed by atoms with Gasteiger partial charge < -0.3 is 10.4 Å². The van der Waals surface area contributed by atoms with Crippen molar-refractivity contribution in [1.29, 1.82) is 0 Å². The van der Waals surface area contributed by atoms with Crippen LogP contribution in [0.2, 0.25) is 0 Å². The normalized spacial score (nSPS) is 12.2. The summed E-state index contributed by atoms with van der Waals surface area (Å²) < 4.78 is 1.36. The maximum absolute atomic E-state index is 11.7. The van der Waals surface area contributed by atoms with E-state index in [1.165, 1.54) is 10.9 Å². The number of nitrogens with zero attached hydrogens (tertiary/aromatic N) is 2. The van der Waals surface area contributed by atoms with Gasteiger partial charge in [-0.25, -0.2) is 4.79 Å². The minimum absolute atomic E-state index is 0.00421. The molecule has 6 nitrogen and oxygen atoms in total. The molecule has 1 aromatic heterocycles. The van der Waals surface area contributed by atoms with Crippen LogP contribution in [0.4, 0.5) is 5.82 Å². The van der Waals surface area contributed by atoms with E-state index in [9.17, 15) is 9.59 Å². The number of amides is 1. The number of carboxylic acid groups (broad SMARTS) is 1. The van der Waals surface area contributed by atoms with Crippen molar-refractivity contribution < 1.29 is 14.7 Å². The average Bonchev–Trinajstić information content (AvgIpc) is 2.60. The fourth-order valence-corrected chi connectivity index (χ4v) is 1.54. The monoisotopic (exact) mass is 239 g/mol. The van der Waals surface area contributed by atoms with E-state index in [1.807, 2.05) is 13.8 Å². The molecule has 0 saturated heterocycles. The van der Waals surface area contributed by atoms with Gasteiger partial charge in [0.15, 0.2) is 5.82 Å². The van der Waals surface area contributed by atoms with Crippen molar-refractivity contribution in [3.05, 3.63) is 11.8 Å². The van der Waals surface area contributed by atoms with Gasteiger partial charge in [0.2, 0.25) is 5.91 Å². The summed E-state index contributed by atoms with van der Waals surface area (Å²) in [4.78, 5) is 22.6. The van der Waals surface area contributed by atoms with E-state index in [2.05, 4.69) is 10.4 Å². The Kier molecular flexibility index (Phi) is 4.25. The molecular weight excluding hydrogens is 222 g/mol. The summed E-state index contributed by atoms with van der Waals surface area (Å²) >= 11 is 0. The summed E-state index contributed by atoms with van der Waals surface area (Å²) in [6, 6.07) is 0. The summed E-state index contributed by atoms with van der Waals surface area (Å²) in [5.74, 6) is -1.35. The molecule has 1 heterocycles. The molecule has 1 rings (SSSR count). The molecule has 2 N–H and O–H groups in total. The van der Waals surface area contributed by atoms with Crippen molar-refractivity contribution in [3.63, 3.8) is 0 Å². The Morgan fingerprint density at radius 1 is 1.59 bits per heavy atom. The smallest absolute Gasteiger partial charge is 0.341 e. The highest BCUT2D eigenvalue weighted by molar-refractivity contribution is 5.99. The average molecular weight is 239 g/mol. The van der Waals surface area contributed by atoms with Crippen LogP contribution < -0.4 is 5.32 Å². The SMILES string of the molecule is CCCC(C)C(=O)Nc1nn(C)cc1C(=O)O. The van der Waals surface area contributed by atoms with E-state index in [4.69, 9.17) is 5.11 Å². The van der Waals surface area contributed by atoms with Gasteiger partial charge in [0.05, 0.1) is 0 Å². The minimum Gasteiger partial charge on any atom is -0.477 e. The lowest BCUT2D eigenvalue weighted by atomic mass is 10.1. The van der Waals surface area contributed by atoms with Gasteiger partial charge in [0.25, 0.3) is 0 Å². The zero-order chi connectivity index (χ0) is 13.0. The number of anilines is 1. The predicted octanol–water partition coefficient (Wildman–Crippen LogP) is 1.49. The third kappa shape index (κ3) is 3.30. The number of carboxylic acids is 1. The quantitative estimate of drug-likeness (QED) is 0.815. The Morgan fingerprint density at radius 2 is 2.24 bits per heavy atom. The first-order valence-corrected chi connectivity index (χ1v) is 5.53. The summed E-state index contributed by atoms with van der Waals surface area (Å²) in [6.45, 7) is 3.80. The minimum atomic E-state index is -1.10. The summed E-state index contributed by atoms with van der Waals surface area (Å²) in [5.41, 5.74) is 0.00421. The van der Waals surface area contributed by atoms with Crippen LogP contribution in [0.15, 0.2) is 6.20 Å². The molecule has 0 aliphatic carbocycles. The maximum Gasteiger partial charge on any atom is 0.341 e. The molecule has 1 atom stereocenters. The van der Waals surface area contributed by atoms with Crippen LogP contribution in [0.25, 0.3) is 0 Å². The lowest BCUT2D eigenvalue weighted by Gasteiger charge is -2.09. The summed E-state index contributed by atoms with van der Waals surface area (Å²) in [5, 5.41) is 15.4. The number of nitrogens with one attached hydrogen (secondary N) is 1. The molecule has 0 radical (unpaired) electrons. The van der Waals surface area contributed by atoms with Crippen LogP contribution >= 0.6 is 0 Å². The Labute approximate surface area is 99.6 Å². The second-order valence-corrected chi connectivity index (χ2v) is 4.05. The van der Waals surface area contributed by atoms with Crippen LogP contribution in [-0.2, 0) is 11.8 Å². The first-order valence-electron chi connectivity index (χ1n) is 5.53. The van der Waals surface area contributed by atoms with Crippen molar-refractivity contribution >= 4 is 17.7 Å². The number of hydrogen-bond donors (Lipinski definition) is 2. The van der Waals surface area contributed by atoms with E-state index < -0.39 is 5.97 Å². The molecule has 6 heteroatoms. The maximum atomic E-state index is 11.7. The molecule has 1 aromatic rings. The Bertz CT molecular complexity index is 426. The predicted molar refractivity (Wildman–Crippen MR) is 62.9 cm³/mol. The lowest BCUT2D eigenvalue weighted by Crippen LogP contribution is -2.21. The van der Waals surface area contributed by atoms with Gasteiger partial charge in [-0.3, -0.25) is 9.48 Å². The van der Waals surface area contributed by atoms with Gasteiger partial charge in [-0.2, -0.15) is 5.10 Å². The fourth-order valence-electron chi connectivity index (χ4n) is 1.54. The Hall–Kier alpha value is -1.85. The number of carbonyl (C=O) groups excluding carboxylic acids is 1. The molecule has 0 saturated carbocycles. The number of aromatic carboxylic acids is 1. The molecule has 17 heavy (non-hydrogen) atoms. The van der Waals surface area contributed by atoms with Gasteiger partial charge in [-0.05, 0) is 6.42 Å². The Balaban J connectivity index is 2.81. The number of rotatable bonds is 5. The second-order valence-electron chi connectivity index (χ2n) is 4.05. The number of aryl methyl sites for hydroxylation is 1. The summed E-state index contributed by atoms with van der Waals surface area (Å²) in [6.07, 6.45) is 3.03. The fraction of sp³-hybridized carbons (Fsp3) is 0.545. The van der Waals surface area contributed by atoms with Crippen molar-refractivity contribution in [2.45, 2.75) is 26.7 Å². The molecule has 1 amide bonds. The van der Waals surface area contributed by atoms with Gasteiger partial charge in [-0.15, -0.1) is 0 Å². The highest BCUT2D eigenvalue weighted by atomic mass is 16.4. The van der Waals surface area contributed by atoms with Gasteiger partial charge in [0, 0.05) is 19.2 Å². The highest BCUT2D eigenvalue weighted by Gasteiger charge is 2.19. The van der Waals surface area contributed by atoms with E-state index in [-0.39, 0.29) is 23.2 Å². The van der Waals surface area contributed by atoms with E-state index in [1.54, 1.807) is 7.05 Å². The molecule has 0 fully saturated rings. The largest absolute Gasteiger partial charge is 0.477 e. The zero-order valence-corrected chi connectivity index (χ0v) is 10.2. The van der Waals surface area contributed by atoms with Gasteiger partial charge in [-0.1, -0.05) is 20.3 Å². The van der Waals surface area contributed by atoms with Gasteiger partial charge >= 0.3 is 5.97 Å². The van der Waals surface area contributed by atoms with Crippen molar-refractivity contribution in [2.75, 3.05) is 5.32 Å². The first kappa shape index (κ1) is 13.2. The van der Waals surface area contributed by atoms with Crippen LogP contribution in [0.1, 0.15) is 37.0 Å². The van der Waals surface area contributed by atoms with Crippen LogP contribution in [-0.4, -0.2) is 26.8 Å². The molecule has 0 aromatic carbocycles. The third-order valence-electron chi connectivity index (χ3n) is 2.47. The number of aromatic nitrogens is 2. The van der Waals surface area contributed by atoms with Crippen molar-refractivity contribution in [1.82, 2.24) is 9.78 Å². The lowest BCUT2D eigenvalue weighted by molar-refractivity contribution is -0.119. The first-order chi connectivity index (χ1) is 7.95. The molecule has 0 spiro atoms. The molecular formula is C11H17N3O3. The standard InChI is InChI=1S/C11H17N3O3/c1-4-5-7(2)10(15)12-9-8(11(16)17)6-14(3)13-9/h6-7H,4-5H2,1-3H3,(H,16,17)(H,12,13,15). The van der Waals surface area contributed by atoms with E-state index in [0.717, 1.165) is 12.8 Å². The zero-order valence-electron chi connectivity index (χ0n) is 10.2. The highest BCUT2D eigenvalue weighted by Crippen LogP contribution is 2.15.